The first-order valence-electron chi connectivity index (χ1n) is 11.1. The maximum absolute atomic E-state index is 13.4. The number of carbonyl (C=O) groups is 1. The fourth-order valence-corrected chi connectivity index (χ4v) is 5.61. The third-order valence-corrected chi connectivity index (χ3v) is 7.16. The first kappa shape index (κ1) is 26.1. The quantitative estimate of drug-likeness (QED) is 0.599. The van der Waals surface area contributed by atoms with Gasteiger partial charge in [-0.1, -0.05) is 26.0 Å². The van der Waals surface area contributed by atoms with Crippen molar-refractivity contribution in [3.63, 3.8) is 0 Å². The highest BCUT2D eigenvalue weighted by Gasteiger charge is 2.27. The monoisotopic (exact) mass is 464 g/mol. The van der Waals surface area contributed by atoms with Crippen molar-refractivity contribution in [3.05, 3.63) is 35.7 Å². The second kappa shape index (κ2) is 10.6. The molecule has 0 aliphatic rings. The molecule has 0 fully saturated rings. The zero-order chi connectivity index (χ0) is 24.1. The van der Waals surface area contributed by atoms with Gasteiger partial charge < -0.3 is 14.7 Å². The van der Waals surface area contributed by atoms with E-state index in [9.17, 15) is 18.3 Å². The van der Waals surface area contributed by atoms with Crippen LogP contribution in [0.25, 0.3) is 10.8 Å². The van der Waals surface area contributed by atoms with Gasteiger partial charge in [-0.2, -0.15) is 0 Å². The molecule has 8 heteroatoms. The van der Waals surface area contributed by atoms with E-state index in [4.69, 9.17) is 4.74 Å². The second-order valence-corrected chi connectivity index (χ2v) is 11.3. The number of aryl methyl sites for hydroxylation is 2. The van der Waals surface area contributed by atoms with Gasteiger partial charge in [0.25, 0.3) is 0 Å². The molecular formula is C24H36N2O5S. The van der Waals surface area contributed by atoms with Crippen LogP contribution < -0.4 is 0 Å². The molecule has 178 valence electrons. The van der Waals surface area contributed by atoms with Gasteiger partial charge in [-0.15, -0.1) is 0 Å². The van der Waals surface area contributed by atoms with E-state index in [0.29, 0.717) is 24.3 Å². The van der Waals surface area contributed by atoms with Gasteiger partial charge in [-0.05, 0) is 58.1 Å². The van der Waals surface area contributed by atoms with Crippen molar-refractivity contribution in [2.75, 3.05) is 25.4 Å². The van der Waals surface area contributed by atoms with E-state index >= 15 is 0 Å². The molecule has 32 heavy (non-hydrogen) atoms. The molecule has 1 atom stereocenters. The molecule has 1 aromatic heterocycles. The Morgan fingerprint density at radius 1 is 1.28 bits per heavy atom. The smallest absolute Gasteiger partial charge is 0.410 e. The second-order valence-electron chi connectivity index (χ2n) is 9.29. The number of carbonyl (C=O) groups excluding carboxylic acids is 1. The van der Waals surface area contributed by atoms with Crippen molar-refractivity contribution in [1.29, 1.82) is 0 Å². The van der Waals surface area contributed by atoms with Crippen LogP contribution in [0.15, 0.2) is 29.3 Å². The fourth-order valence-electron chi connectivity index (χ4n) is 3.74. The lowest BCUT2D eigenvalue weighted by molar-refractivity contribution is 0.0219. The van der Waals surface area contributed by atoms with Gasteiger partial charge in [0, 0.05) is 42.4 Å². The van der Waals surface area contributed by atoms with Crippen molar-refractivity contribution in [3.8, 4) is 0 Å². The number of rotatable bonds is 9. The van der Waals surface area contributed by atoms with Gasteiger partial charge >= 0.3 is 6.09 Å². The lowest BCUT2D eigenvalue weighted by Gasteiger charge is -2.29. The van der Waals surface area contributed by atoms with Crippen LogP contribution in [-0.2, 0) is 21.0 Å². The molecular weight excluding hydrogens is 428 g/mol. The standard InChI is InChI=1S/C24H36N2O5S/c1-7-19-14-25-18(3)20-10-8-11-21(22(19)20)32(29,30)16-17(2)15-26(12-9-13-27)23(28)31-24(4,5)6/h8,10-11,14,17,27H,7,9,12-13,15-16H2,1-6H3. The van der Waals surface area contributed by atoms with E-state index in [1.54, 1.807) is 39.1 Å². The molecule has 0 aliphatic heterocycles. The van der Waals surface area contributed by atoms with Crippen LogP contribution in [-0.4, -0.2) is 60.6 Å². The van der Waals surface area contributed by atoms with Crippen molar-refractivity contribution >= 4 is 26.7 Å². The molecule has 7 nitrogen and oxygen atoms in total. The van der Waals surface area contributed by atoms with Crippen LogP contribution in [0.5, 0.6) is 0 Å². The Labute approximate surface area is 191 Å². The van der Waals surface area contributed by atoms with E-state index in [0.717, 1.165) is 22.0 Å². The molecule has 1 heterocycles. The van der Waals surface area contributed by atoms with E-state index in [-0.39, 0.29) is 24.8 Å². The van der Waals surface area contributed by atoms with Crippen molar-refractivity contribution in [1.82, 2.24) is 9.88 Å². The predicted octanol–water partition coefficient (Wildman–Crippen LogP) is 4.13. The summed E-state index contributed by atoms with van der Waals surface area (Å²) >= 11 is 0. The molecule has 0 bridgehead atoms. The van der Waals surface area contributed by atoms with E-state index < -0.39 is 21.5 Å². The normalized spacial score (nSPS) is 13.2. The number of nitrogens with zero attached hydrogens (tertiary/aromatic N) is 2. The Morgan fingerprint density at radius 2 is 1.97 bits per heavy atom. The van der Waals surface area contributed by atoms with Crippen molar-refractivity contribution < 1.29 is 23.1 Å². The molecule has 1 aromatic carbocycles. The Hall–Kier alpha value is -2.19. The topological polar surface area (TPSA) is 96.8 Å². The predicted molar refractivity (Wildman–Crippen MR) is 127 cm³/mol. The number of fused-ring (bicyclic) bond motifs is 1. The average molecular weight is 465 g/mol. The SMILES string of the molecule is CCc1cnc(C)c2cccc(S(=O)(=O)CC(C)CN(CCCO)C(=O)OC(C)(C)C)c12. The molecule has 1 unspecified atom stereocenters. The minimum absolute atomic E-state index is 0.0604. The third-order valence-electron chi connectivity index (χ3n) is 5.14. The summed E-state index contributed by atoms with van der Waals surface area (Å²) in [6.45, 7) is 11.5. The van der Waals surface area contributed by atoms with E-state index in [2.05, 4.69) is 4.98 Å². The summed E-state index contributed by atoms with van der Waals surface area (Å²) in [6, 6.07) is 5.31. The first-order valence-corrected chi connectivity index (χ1v) is 12.7. The highest BCUT2D eigenvalue weighted by molar-refractivity contribution is 7.91. The maximum Gasteiger partial charge on any atom is 0.410 e. The van der Waals surface area contributed by atoms with E-state index in [1.807, 2.05) is 26.8 Å². The maximum atomic E-state index is 13.4. The summed E-state index contributed by atoms with van der Waals surface area (Å²) in [7, 11) is -3.62. The molecule has 2 aromatic rings. The van der Waals surface area contributed by atoms with Gasteiger partial charge in [-0.3, -0.25) is 4.98 Å². The lowest BCUT2D eigenvalue weighted by Crippen LogP contribution is -2.41. The number of benzene rings is 1. The summed E-state index contributed by atoms with van der Waals surface area (Å²) in [5.74, 6) is -0.427. The highest BCUT2D eigenvalue weighted by atomic mass is 32.2. The number of hydrogen-bond donors (Lipinski definition) is 1. The Balaban J connectivity index is 2.31. The Morgan fingerprint density at radius 3 is 2.56 bits per heavy atom. The largest absolute Gasteiger partial charge is 0.444 e. The molecule has 1 N–H and O–H groups in total. The summed E-state index contributed by atoms with van der Waals surface area (Å²) in [6.07, 6.45) is 2.32. The van der Waals surface area contributed by atoms with Crippen LogP contribution in [0.4, 0.5) is 4.79 Å². The first-order chi connectivity index (χ1) is 14.9. The molecule has 0 spiro atoms. The zero-order valence-electron chi connectivity index (χ0n) is 20.0. The number of hydrogen-bond acceptors (Lipinski definition) is 6. The molecule has 2 rings (SSSR count). The van der Waals surface area contributed by atoms with E-state index in [1.165, 1.54) is 4.90 Å². The summed E-state index contributed by atoms with van der Waals surface area (Å²) in [5, 5.41) is 10.8. The van der Waals surface area contributed by atoms with Crippen molar-refractivity contribution in [2.24, 2.45) is 5.92 Å². The average Bonchev–Trinajstić information content (AvgIpc) is 2.69. The number of ether oxygens (including phenoxy) is 1. The summed E-state index contributed by atoms with van der Waals surface area (Å²) in [5.41, 5.74) is 1.04. The molecule has 0 saturated heterocycles. The molecule has 0 radical (unpaired) electrons. The number of aliphatic hydroxyl groups is 1. The van der Waals surface area contributed by atoms with Crippen LogP contribution >= 0.6 is 0 Å². The number of aromatic nitrogens is 1. The zero-order valence-corrected chi connectivity index (χ0v) is 20.8. The van der Waals surface area contributed by atoms with Crippen LogP contribution in [0.2, 0.25) is 0 Å². The van der Waals surface area contributed by atoms with Crippen LogP contribution in [0.3, 0.4) is 0 Å². The van der Waals surface area contributed by atoms with Gasteiger partial charge in [0.15, 0.2) is 9.84 Å². The number of amides is 1. The summed E-state index contributed by atoms with van der Waals surface area (Å²) < 4.78 is 32.3. The Kier molecular flexibility index (Phi) is 8.65. The van der Waals surface area contributed by atoms with Crippen molar-refractivity contribution in [2.45, 2.75) is 64.9 Å². The lowest BCUT2D eigenvalue weighted by atomic mass is 10.0. The molecule has 1 amide bonds. The summed E-state index contributed by atoms with van der Waals surface area (Å²) in [4.78, 5) is 18.8. The third kappa shape index (κ3) is 6.65. The van der Waals surface area contributed by atoms with Gasteiger partial charge in [0.2, 0.25) is 0 Å². The Bertz CT molecular complexity index is 1040. The minimum Gasteiger partial charge on any atom is -0.444 e. The van der Waals surface area contributed by atoms with Gasteiger partial charge in [0.1, 0.15) is 5.60 Å². The molecule has 0 saturated carbocycles. The number of sulfone groups is 1. The molecule has 0 aliphatic carbocycles. The number of pyridine rings is 1. The van der Waals surface area contributed by atoms with Crippen LogP contribution in [0.1, 0.15) is 52.3 Å². The van der Waals surface area contributed by atoms with Crippen LogP contribution in [0, 0.1) is 12.8 Å². The highest BCUT2D eigenvalue weighted by Crippen LogP contribution is 2.30. The van der Waals surface area contributed by atoms with Gasteiger partial charge in [-0.25, -0.2) is 13.2 Å². The number of aliphatic hydroxyl groups excluding tert-OH is 1. The minimum atomic E-state index is -3.62. The fraction of sp³-hybridized carbons (Fsp3) is 0.583. The van der Waals surface area contributed by atoms with Gasteiger partial charge in [0.05, 0.1) is 10.6 Å².